The summed E-state index contributed by atoms with van der Waals surface area (Å²) in [6.07, 6.45) is 2.94. The number of nitrogens with two attached hydrogens (primary N) is 1. The summed E-state index contributed by atoms with van der Waals surface area (Å²) in [6, 6.07) is 6.11. The molecule has 0 radical (unpaired) electrons. The summed E-state index contributed by atoms with van der Waals surface area (Å²) in [5, 5.41) is 20.9. The highest BCUT2D eigenvalue weighted by molar-refractivity contribution is 7.46. The van der Waals surface area contributed by atoms with Crippen LogP contribution in [0.25, 0.3) is 10.9 Å². The number of benzene rings is 1. The second-order valence-electron chi connectivity index (χ2n) is 6.79. The smallest absolute Gasteiger partial charge is 0.469 e. The number of nitrogens with zero attached hydrogens (tertiary/aromatic N) is 2. The van der Waals surface area contributed by atoms with E-state index in [0.717, 1.165) is 16.5 Å². The van der Waals surface area contributed by atoms with E-state index in [1.807, 2.05) is 24.3 Å². The van der Waals surface area contributed by atoms with Crippen molar-refractivity contribution >= 4 is 30.5 Å². The van der Waals surface area contributed by atoms with E-state index in [0.29, 0.717) is 0 Å². The second kappa shape index (κ2) is 8.86. The van der Waals surface area contributed by atoms with Gasteiger partial charge in [0.2, 0.25) is 0 Å². The minimum Gasteiger partial charge on any atom is -0.505 e. The zero-order chi connectivity index (χ0) is 22.8. The number of carboxylic acid groups (broad SMARTS) is 1. The normalized spacial score (nSPS) is 13.5. The van der Waals surface area contributed by atoms with Crippen LogP contribution < -0.4 is 5.73 Å². The Hall–Kier alpha value is -3.24. The fourth-order valence-electron chi connectivity index (χ4n) is 3.11. The molecule has 0 spiro atoms. The van der Waals surface area contributed by atoms with Crippen molar-refractivity contribution in [3.8, 4) is 5.75 Å². The molecule has 0 saturated heterocycles. The summed E-state index contributed by atoms with van der Waals surface area (Å²) in [5.41, 5.74) is 7.72. The van der Waals surface area contributed by atoms with Crippen LogP contribution >= 0.6 is 7.82 Å². The molecule has 31 heavy (non-hydrogen) atoms. The number of aryl methyl sites for hydroxylation is 1. The molecule has 3 aromatic rings. The van der Waals surface area contributed by atoms with E-state index < -0.39 is 26.4 Å². The molecule has 2 heterocycles. The van der Waals surface area contributed by atoms with Crippen molar-refractivity contribution in [1.82, 2.24) is 9.97 Å². The number of amidine groups is 1. The number of hydrogen-bond donors (Lipinski definition) is 6. The van der Waals surface area contributed by atoms with Gasteiger partial charge in [-0.15, -0.1) is 0 Å². The molecule has 0 aliphatic rings. The number of phosphoric acid groups is 1. The van der Waals surface area contributed by atoms with Gasteiger partial charge in [-0.05, 0) is 18.6 Å². The third-order valence-electron chi connectivity index (χ3n) is 4.63. The van der Waals surface area contributed by atoms with Crippen LogP contribution in [0.2, 0.25) is 0 Å². The average molecular weight is 448 g/mol. The highest BCUT2D eigenvalue weighted by Crippen LogP contribution is 2.38. The van der Waals surface area contributed by atoms with Crippen LogP contribution in [-0.4, -0.2) is 47.8 Å². The molecule has 0 bridgehead atoms. The summed E-state index contributed by atoms with van der Waals surface area (Å²) < 4.78 is 15.5. The molecule has 1 atom stereocenters. The first-order valence-electron chi connectivity index (χ1n) is 9.05. The predicted molar refractivity (Wildman–Crippen MR) is 112 cm³/mol. The van der Waals surface area contributed by atoms with Crippen molar-refractivity contribution in [2.75, 3.05) is 0 Å². The van der Waals surface area contributed by atoms with Crippen molar-refractivity contribution in [2.45, 2.75) is 26.0 Å². The molecule has 2 aromatic heterocycles. The number of para-hydroxylation sites is 1. The lowest BCUT2D eigenvalue weighted by Gasteiger charge is -2.15. The first-order valence-corrected chi connectivity index (χ1v) is 10.6. The SMILES string of the molecule is Cc1ncc(COP(=O)(O)O)c(C(N)=N[C@@H](Cc2c[nH]c3ccccc23)C(=O)O)c1O. The molecule has 1 aromatic carbocycles. The highest BCUT2D eigenvalue weighted by atomic mass is 31.2. The predicted octanol–water partition coefficient (Wildman–Crippen LogP) is 1.59. The van der Waals surface area contributed by atoms with Crippen LogP contribution in [0.3, 0.4) is 0 Å². The van der Waals surface area contributed by atoms with Gasteiger partial charge < -0.3 is 30.7 Å². The molecular weight excluding hydrogens is 427 g/mol. The van der Waals surface area contributed by atoms with Gasteiger partial charge in [0, 0.05) is 35.3 Å². The van der Waals surface area contributed by atoms with E-state index in [1.54, 1.807) is 6.20 Å². The minimum atomic E-state index is -4.80. The van der Waals surface area contributed by atoms with E-state index in [2.05, 4.69) is 19.5 Å². The molecule has 12 heteroatoms. The molecule has 7 N–H and O–H groups in total. The maximum atomic E-state index is 11.8. The Morgan fingerprint density at radius 3 is 2.71 bits per heavy atom. The summed E-state index contributed by atoms with van der Waals surface area (Å²) in [4.78, 5) is 40.8. The lowest BCUT2D eigenvalue weighted by molar-refractivity contribution is -0.138. The number of hydrogen-bond acceptors (Lipinski definition) is 6. The number of H-pyrrole nitrogens is 1. The van der Waals surface area contributed by atoms with Gasteiger partial charge >= 0.3 is 13.8 Å². The largest absolute Gasteiger partial charge is 0.505 e. The fraction of sp³-hybridized carbons (Fsp3) is 0.211. The molecule has 3 rings (SSSR count). The minimum absolute atomic E-state index is 0.0270. The first-order chi connectivity index (χ1) is 14.6. The molecule has 164 valence electrons. The molecule has 0 amide bonds. The molecular formula is C19H21N4O7P. The van der Waals surface area contributed by atoms with Crippen molar-refractivity contribution < 1.29 is 33.9 Å². The molecule has 0 aliphatic carbocycles. The van der Waals surface area contributed by atoms with Crippen LogP contribution in [0.4, 0.5) is 0 Å². The summed E-state index contributed by atoms with van der Waals surface area (Å²) >= 11 is 0. The summed E-state index contributed by atoms with van der Waals surface area (Å²) in [7, 11) is -4.80. The van der Waals surface area contributed by atoms with Gasteiger partial charge in [0.1, 0.15) is 11.6 Å². The number of aliphatic imine (C=N–C) groups is 1. The number of aromatic nitrogens is 2. The monoisotopic (exact) mass is 448 g/mol. The number of aliphatic carboxylic acids is 1. The van der Waals surface area contributed by atoms with E-state index in [-0.39, 0.29) is 34.8 Å². The highest BCUT2D eigenvalue weighted by Gasteiger charge is 2.24. The number of pyridine rings is 1. The van der Waals surface area contributed by atoms with Gasteiger partial charge in [0.15, 0.2) is 6.04 Å². The van der Waals surface area contributed by atoms with Gasteiger partial charge in [-0.2, -0.15) is 0 Å². The van der Waals surface area contributed by atoms with Crippen molar-refractivity contribution in [3.05, 3.63) is 59.0 Å². The van der Waals surface area contributed by atoms with E-state index in [1.165, 1.54) is 13.1 Å². The number of fused-ring (bicyclic) bond motifs is 1. The van der Waals surface area contributed by atoms with Crippen LogP contribution in [0.1, 0.15) is 22.4 Å². The standard InChI is InChI=1S/C19H21N4O7P/c1-10-17(24)16(12(8-21-10)9-30-31(27,28)29)18(20)23-15(19(25)26)6-11-7-22-14-5-3-2-4-13(11)14/h2-5,7-8,15,22,24H,6,9H2,1H3,(H2,20,23)(H,25,26)(H2,27,28,29)/t15-/m0/s1. The Kier molecular flexibility index (Phi) is 6.42. The third kappa shape index (κ3) is 5.28. The molecule has 0 unspecified atom stereocenters. The van der Waals surface area contributed by atoms with Crippen molar-refractivity contribution in [3.63, 3.8) is 0 Å². The molecule has 0 fully saturated rings. The van der Waals surface area contributed by atoms with Gasteiger partial charge in [-0.3, -0.25) is 14.5 Å². The van der Waals surface area contributed by atoms with Crippen LogP contribution in [-0.2, 0) is 26.9 Å². The van der Waals surface area contributed by atoms with Gasteiger partial charge in [0.25, 0.3) is 0 Å². The topological polar surface area (TPSA) is 191 Å². The summed E-state index contributed by atoms with van der Waals surface area (Å²) in [6.45, 7) is 0.872. The number of aromatic amines is 1. The quantitative estimate of drug-likeness (QED) is 0.169. The Morgan fingerprint density at radius 2 is 2.03 bits per heavy atom. The number of aromatic hydroxyl groups is 1. The number of carbonyl (C=O) groups is 1. The summed E-state index contributed by atoms with van der Waals surface area (Å²) in [5.74, 6) is -1.93. The third-order valence-corrected chi connectivity index (χ3v) is 5.09. The number of nitrogens with one attached hydrogen (secondary N) is 1. The average Bonchev–Trinajstić information content (AvgIpc) is 3.10. The van der Waals surface area contributed by atoms with Crippen LogP contribution in [0.15, 0.2) is 41.7 Å². The van der Waals surface area contributed by atoms with E-state index in [9.17, 15) is 19.6 Å². The maximum Gasteiger partial charge on any atom is 0.469 e. The Labute approximate surface area is 176 Å². The van der Waals surface area contributed by atoms with Crippen molar-refractivity contribution in [2.24, 2.45) is 10.7 Å². The molecule has 0 saturated carbocycles. The van der Waals surface area contributed by atoms with Gasteiger partial charge in [0.05, 0.1) is 17.9 Å². The van der Waals surface area contributed by atoms with Crippen molar-refractivity contribution in [1.29, 1.82) is 0 Å². The second-order valence-corrected chi connectivity index (χ2v) is 8.03. The van der Waals surface area contributed by atoms with Crippen LogP contribution in [0.5, 0.6) is 5.75 Å². The van der Waals surface area contributed by atoms with E-state index in [4.69, 9.17) is 15.5 Å². The number of carboxylic acids is 1. The van der Waals surface area contributed by atoms with Gasteiger partial charge in [-0.1, -0.05) is 18.2 Å². The zero-order valence-electron chi connectivity index (χ0n) is 16.4. The zero-order valence-corrected chi connectivity index (χ0v) is 17.3. The van der Waals surface area contributed by atoms with Gasteiger partial charge in [-0.25, -0.2) is 9.36 Å². The number of rotatable bonds is 8. The number of phosphoric ester groups is 1. The van der Waals surface area contributed by atoms with E-state index >= 15 is 0 Å². The van der Waals surface area contributed by atoms with Crippen LogP contribution in [0, 0.1) is 6.92 Å². The first kappa shape index (κ1) is 22.4. The molecule has 0 aliphatic heterocycles. The fourth-order valence-corrected chi connectivity index (χ4v) is 3.42. The Morgan fingerprint density at radius 1 is 1.32 bits per heavy atom. The molecule has 11 nitrogen and oxygen atoms in total. The Balaban J connectivity index is 1.97. The Bertz CT molecular complexity index is 1200. The maximum absolute atomic E-state index is 11.8. The lowest BCUT2D eigenvalue weighted by atomic mass is 10.0. The lowest BCUT2D eigenvalue weighted by Crippen LogP contribution is -2.27.